The molecule has 3 amide bonds. The number of nitrogens with one attached hydrogen (secondary N) is 1. The van der Waals surface area contributed by atoms with Crippen molar-refractivity contribution in [2.45, 2.75) is 13.0 Å². The minimum atomic E-state index is -0.564. The lowest BCUT2D eigenvalue weighted by Crippen LogP contribution is -2.53. The van der Waals surface area contributed by atoms with E-state index in [1.165, 1.54) is 11.3 Å². The number of nitrogens with two attached hydrogens (primary N) is 1. The first-order chi connectivity index (χ1) is 13.8. The Bertz CT molecular complexity index is 891. The number of primary amides is 1. The summed E-state index contributed by atoms with van der Waals surface area (Å²) in [6, 6.07) is 10.1. The van der Waals surface area contributed by atoms with Crippen LogP contribution in [-0.2, 0) is 9.59 Å². The Morgan fingerprint density at radius 2 is 1.76 bits per heavy atom. The summed E-state index contributed by atoms with van der Waals surface area (Å²) in [4.78, 5) is 41.9. The van der Waals surface area contributed by atoms with Crippen LogP contribution in [0.1, 0.15) is 26.2 Å². The molecule has 0 bridgehead atoms. The van der Waals surface area contributed by atoms with Gasteiger partial charge in [-0.25, -0.2) is 0 Å². The molecule has 7 nitrogen and oxygen atoms in total. The van der Waals surface area contributed by atoms with Gasteiger partial charge in [0.2, 0.25) is 11.8 Å². The van der Waals surface area contributed by atoms with Crippen molar-refractivity contribution in [1.82, 2.24) is 15.1 Å². The average Bonchev–Trinajstić information content (AvgIpc) is 3.14. The topological polar surface area (TPSA) is 95.7 Å². The van der Waals surface area contributed by atoms with Gasteiger partial charge in [0.1, 0.15) is 6.04 Å². The van der Waals surface area contributed by atoms with Crippen LogP contribution < -0.4 is 11.1 Å². The third kappa shape index (κ3) is 5.35. The molecule has 2 aromatic rings. The smallest absolute Gasteiger partial charge is 0.261 e. The molecular formula is C20H23ClN4O3S. The molecule has 9 heteroatoms. The lowest BCUT2D eigenvalue weighted by molar-refractivity contribution is -0.133. The number of aryl methyl sites for hydroxylation is 1. The summed E-state index contributed by atoms with van der Waals surface area (Å²) in [5, 5.41) is 3.26. The lowest BCUT2D eigenvalue weighted by Gasteiger charge is -2.38. The van der Waals surface area contributed by atoms with Crippen LogP contribution in [0.2, 0.25) is 5.02 Å². The molecule has 0 unspecified atom stereocenters. The molecule has 1 fully saturated rings. The zero-order valence-corrected chi connectivity index (χ0v) is 17.6. The number of hydrogen-bond acceptors (Lipinski definition) is 5. The fourth-order valence-corrected chi connectivity index (χ4v) is 4.25. The van der Waals surface area contributed by atoms with Gasteiger partial charge in [0.15, 0.2) is 0 Å². The van der Waals surface area contributed by atoms with Crippen LogP contribution in [-0.4, -0.2) is 60.2 Å². The summed E-state index contributed by atoms with van der Waals surface area (Å²) in [7, 11) is 0. The minimum Gasteiger partial charge on any atom is -0.368 e. The van der Waals surface area contributed by atoms with Crippen molar-refractivity contribution in [2.75, 3.05) is 32.7 Å². The number of hydrogen-bond donors (Lipinski definition) is 2. The highest BCUT2D eigenvalue weighted by atomic mass is 35.5. The molecule has 0 radical (unpaired) electrons. The number of nitrogens with zero attached hydrogens (tertiary/aromatic N) is 2. The fraction of sp³-hybridized carbons (Fsp3) is 0.350. The molecule has 29 heavy (non-hydrogen) atoms. The number of piperazine rings is 1. The molecule has 0 saturated carbocycles. The van der Waals surface area contributed by atoms with Crippen molar-refractivity contribution in [3.05, 3.63) is 56.7 Å². The number of amides is 3. The van der Waals surface area contributed by atoms with Crippen LogP contribution >= 0.6 is 22.9 Å². The van der Waals surface area contributed by atoms with E-state index in [0.717, 1.165) is 10.4 Å². The molecule has 1 aromatic heterocycles. The Hall–Kier alpha value is -2.42. The summed E-state index contributed by atoms with van der Waals surface area (Å²) in [6.07, 6.45) is 0. The molecule has 2 heterocycles. The molecule has 1 aliphatic heterocycles. The standard InChI is InChI=1S/C20H23ClN4O3S/c1-13-2-7-16(29-13)20(28)23-12-17(26)24-8-10-25(11-9-24)18(19(22)27)14-3-5-15(21)6-4-14/h2-7,18H,8-12H2,1H3,(H2,22,27)(H,23,28)/t18-/m0/s1. The molecule has 0 spiro atoms. The van der Waals surface area contributed by atoms with Gasteiger partial charge >= 0.3 is 0 Å². The van der Waals surface area contributed by atoms with Gasteiger partial charge in [0, 0.05) is 36.1 Å². The van der Waals surface area contributed by atoms with Gasteiger partial charge in [-0.1, -0.05) is 23.7 Å². The van der Waals surface area contributed by atoms with Gasteiger partial charge < -0.3 is 16.0 Å². The molecule has 0 aliphatic carbocycles. The summed E-state index contributed by atoms with van der Waals surface area (Å²) in [5.41, 5.74) is 6.41. The summed E-state index contributed by atoms with van der Waals surface area (Å²) in [5.74, 6) is -0.828. The molecule has 1 aromatic carbocycles. The molecule has 1 atom stereocenters. The first-order valence-corrected chi connectivity index (χ1v) is 10.5. The van der Waals surface area contributed by atoms with Crippen molar-refractivity contribution in [2.24, 2.45) is 5.73 Å². The zero-order chi connectivity index (χ0) is 21.0. The highest BCUT2D eigenvalue weighted by Gasteiger charge is 2.30. The van der Waals surface area contributed by atoms with Crippen LogP contribution in [0.15, 0.2) is 36.4 Å². The molecular weight excluding hydrogens is 412 g/mol. The van der Waals surface area contributed by atoms with E-state index in [-0.39, 0.29) is 18.4 Å². The van der Waals surface area contributed by atoms with Crippen LogP contribution in [0.5, 0.6) is 0 Å². The summed E-state index contributed by atoms with van der Waals surface area (Å²) >= 11 is 7.32. The van der Waals surface area contributed by atoms with Crippen molar-refractivity contribution < 1.29 is 14.4 Å². The molecule has 1 aliphatic rings. The number of carbonyl (C=O) groups is 3. The van der Waals surface area contributed by atoms with Gasteiger partial charge in [-0.3, -0.25) is 19.3 Å². The van der Waals surface area contributed by atoms with E-state index in [1.54, 1.807) is 35.2 Å². The van der Waals surface area contributed by atoms with Crippen molar-refractivity contribution in [3.63, 3.8) is 0 Å². The van der Waals surface area contributed by atoms with E-state index >= 15 is 0 Å². The van der Waals surface area contributed by atoms with E-state index in [2.05, 4.69) is 5.32 Å². The normalized spacial score (nSPS) is 15.7. The van der Waals surface area contributed by atoms with Crippen LogP contribution in [0.3, 0.4) is 0 Å². The van der Waals surface area contributed by atoms with E-state index in [1.807, 2.05) is 17.9 Å². The summed E-state index contributed by atoms with van der Waals surface area (Å²) < 4.78 is 0. The maximum absolute atomic E-state index is 12.4. The molecule has 1 saturated heterocycles. The zero-order valence-electron chi connectivity index (χ0n) is 16.1. The second kappa shape index (κ2) is 9.39. The van der Waals surface area contributed by atoms with Gasteiger partial charge in [0.05, 0.1) is 11.4 Å². The first-order valence-electron chi connectivity index (χ1n) is 9.26. The monoisotopic (exact) mass is 434 g/mol. The minimum absolute atomic E-state index is 0.0494. The van der Waals surface area contributed by atoms with Crippen LogP contribution in [0, 0.1) is 6.92 Å². The quantitative estimate of drug-likeness (QED) is 0.724. The maximum Gasteiger partial charge on any atom is 0.261 e. The van der Waals surface area contributed by atoms with Crippen LogP contribution in [0.4, 0.5) is 0 Å². The number of thiophene rings is 1. The predicted molar refractivity (Wildman–Crippen MR) is 113 cm³/mol. The second-order valence-electron chi connectivity index (χ2n) is 6.87. The number of halogens is 1. The SMILES string of the molecule is Cc1ccc(C(=O)NCC(=O)N2CCN([C@H](C(N)=O)c3ccc(Cl)cc3)CC2)s1. The molecule has 3 N–H and O–H groups in total. The van der Waals surface area contributed by atoms with E-state index in [9.17, 15) is 14.4 Å². The van der Waals surface area contributed by atoms with Gasteiger partial charge in [0.25, 0.3) is 5.91 Å². The Kier molecular flexibility index (Phi) is 6.89. The van der Waals surface area contributed by atoms with Crippen LogP contribution in [0.25, 0.3) is 0 Å². The highest BCUT2D eigenvalue weighted by molar-refractivity contribution is 7.13. The Morgan fingerprint density at radius 3 is 2.31 bits per heavy atom. The van der Waals surface area contributed by atoms with Gasteiger partial charge in [-0.05, 0) is 36.8 Å². The summed E-state index contributed by atoms with van der Waals surface area (Å²) in [6.45, 7) is 3.83. The Morgan fingerprint density at radius 1 is 1.10 bits per heavy atom. The van der Waals surface area contributed by atoms with E-state index in [0.29, 0.717) is 36.1 Å². The fourth-order valence-electron chi connectivity index (χ4n) is 3.34. The van der Waals surface area contributed by atoms with Crippen molar-refractivity contribution >= 4 is 40.7 Å². The van der Waals surface area contributed by atoms with Crippen molar-refractivity contribution in [3.8, 4) is 0 Å². The Labute approximate surface area is 178 Å². The number of rotatable bonds is 6. The first kappa shape index (κ1) is 21.3. The molecule has 154 valence electrons. The van der Waals surface area contributed by atoms with Gasteiger partial charge in [-0.2, -0.15) is 0 Å². The lowest BCUT2D eigenvalue weighted by atomic mass is 10.0. The third-order valence-corrected chi connectivity index (χ3v) is 6.10. The van der Waals surface area contributed by atoms with E-state index < -0.39 is 11.9 Å². The van der Waals surface area contributed by atoms with Crippen molar-refractivity contribution in [1.29, 1.82) is 0 Å². The number of carbonyl (C=O) groups excluding carboxylic acids is 3. The maximum atomic E-state index is 12.4. The number of benzene rings is 1. The van der Waals surface area contributed by atoms with E-state index in [4.69, 9.17) is 17.3 Å². The average molecular weight is 435 g/mol. The second-order valence-corrected chi connectivity index (χ2v) is 8.59. The van der Waals surface area contributed by atoms with Gasteiger partial charge in [-0.15, -0.1) is 11.3 Å². The molecule has 3 rings (SSSR count). The third-order valence-electron chi connectivity index (χ3n) is 4.85. The Balaban J connectivity index is 1.53. The largest absolute Gasteiger partial charge is 0.368 e. The predicted octanol–water partition coefficient (Wildman–Crippen LogP) is 1.81. The highest BCUT2D eigenvalue weighted by Crippen LogP contribution is 2.23.